The van der Waals surface area contributed by atoms with E-state index < -0.39 is 0 Å². The molecule has 0 radical (unpaired) electrons. The normalized spacial score (nSPS) is 20.8. The van der Waals surface area contributed by atoms with Crippen LogP contribution in [-0.4, -0.2) is 20.6 Å². The van der Waals surface area contributed by atoms with Gasteiger partial charge in [-0.3, -0.25) is 0 Å². The van der Waals surface area contributed by atoms with Gasteiger partial charge in [-0.05, 0) is 23.3 Å². The molecule has 4 nitrogen and oxygen atoms in total. The number of nitrogens with one attached hydrogen (secondary N) is 1. The van der Waals surface area contributed by atoms with Crippen LogP contribution in [0, 0.1) is 0 Å². The first-order chi connectivity index (χ1) is 10.3. The molecule has 0 amide bonds. The number of nitrogens with zero attached hydrogens (tertiary/aromatic N) is 2. The van der Waals surface area contributed by atoms with Crippen LogP contribution in [0.15, 0.2) is 54.9 Å². The second-order valence-electron chi connectivity index (χ2n) is 5.53. The maximum absolute atomic E-state index is 10.2. The fourth-order valence-corrected chi connectivity index (χ4v) is 3.11. The second-order valence-corrected chi connectivity index (χ2v) is 5.53. The predicted molar refractivity (Wildman–Crippen MR) is 80.9 cm³/mol. The molecule has 2 aromatic heterocycles. The predicted octanol–water partition coefficient (Wildman–Crippen LogP) is 2.08. The Morgan fingerprint density at radius 1 is 1.19 bits per heavy atom. The molecule has 4 heteroatoms. The number of fused-ring (bicyclic) bond motifs is 2. The zero-order valence-electron chi connectivity index (χ0n) is 11.6. The highest BCUT2D eigenvalue weighted by molar-refractivity contribution is 5.40. The van der Waals surface area contributed by atoms with E-state index in [9.17, 15) is 5.11 Å². The molecule has 1 aliphatic rings. The molecule has 21 heavy (non-hydrogen) atoms. The second kappa shape index (κ2) is 4.98. The summed E-state index contributed by atoms with van der Waals surface area (Å²) in [6, 6.07) is 14.2. The molecule has 4 rings (SSSR count). The first-order valence-corrected chi connectivity index (χ1v) is 7.23. The Labute approximate surface area is 123 Å². The molecule has 0 spiro atoms. The molecule has 2 atom stereocenters. The molecule has 0 saturated heterocycles. The molecule has 106 valence electrons. The van der Waals surface area contributed by atoms with Gasteiger partial charge in [0.05, 0.1) is 17.8 Å². The maximum Gasteiger partial charge on any atom is 0.137 e. The first kappa shape index (κ1) is 12.6. The van der Waals surface area contributed by atoms with Crippen molar-refractivity contribution >= 4 is 5.65 Å². The van der Waals surface area contributed by atoms with Crippen molar-refractivity contribution in [1.29, 1.82) is 0 Å². The Hall–Kier alpha value is -2.17. The van der Waals surface area contributed by atoms with Crippen LogP contribution in [0.1, 0.15) is 22.9 Å². The van der Waals surface area contributed by atoms with Gasteiger partial charge in [-0.25, -0.2) is 4.98 Å². The molecular formula is C17H17N3O. The van der Waals surface area contributed by atoms with Gasteiger partial charge in [0.15, 0.2) is 0 Å². The van der Waals surface area contributed by atoms with E-state index in [0.717, 1.165) is 17.8 Å². The van der Waals surface area contributed by atoms with Crippen molar-refractivity contribution in [3.8, 4) is 0 Å². The molecule has 1 aliphatic carbocycles. The van der Waals surface area contributed by atoms with Crippen LogP contribution >= 0.6 is 0 Å². The lowest BCUT2D eigenvalue weighted by atomic mass is 10.1. The number of hydrogen-bond acceptors (Lipinski definition) is 3. The van der Waals surface area contributed by atoms with E-state index in [-0.39, 0.29) is 12.1 Å². The van der Waals surface area contributed by atoms with Gasteiger partial charge >= 0.3 is 0 Å². The fraction of sp³-hybridized carbons (Fsp3) is 0.235. The van der Waals surface area contributed by atoms with Crippen molar-refractivity contribution in [2.45, 2.75) is 25.1 Å². The number of aromatic nitrogens is 2. The summed E-state index contributed by atoms with van der Waals surface area (Å²) in [5, 5.41) is 13.7. The molecule has 0 fully saturated rings. The van der Waals surface area contributed by atoms with Crippen LogP contribution in [0.3, 0.4) is 0 Å². The highest BCUT2D eigenvalue weighted by atomic mass is 16.3. The number of aliphatic hydroxyl groups is 1. The van der Waals surface area contributed by atoms with Crippen molar-refractivity contribution in [2.24, 2.45) is 0 Å². The van der Waals surface area contributed by atoms with Gasteiger partial charge in [-0.15, -0.1) is 0 Å². The monoisotopic (exact) mass is 279 g/mol. The summed E-state index contributed by atoms with van der Waals surface area (Å²) in [7, 11) is 0. The third-order valence-electron chi connectivity index (χ3n) is 4.12. The molecule has 0 saturated carbocycles. The highest BCUT2D eigenvalue weighted by Crippen LogP contribution is 2.31. The quantitative estimate of drug-likeness (QED) is 0.772. The average Bonchev–Trinajstić information content (AvgIpc) is 3.04. The summed E-state index contributed by atoms with van der Waals surface area (Å²) in [6.07, 6.45) is 4.37. The largest absolute Gasteiger partial charge is 0.391 e. The van der Waals surface area contributed by atoms with Crippen molar-refractivity contribution in [2.75, 3.05) is 0 Å². The van der Waals surface area contributed by atoms with Crippen molar-refractivity contribution < 1.29 is 5.11 Å². The summed E-state index contributed by atoms with van der Waals surface area (Å²) in [4.78, 5) is 4.57. The van der Waals surface area contributed by atoms with E-state index in [4.69, 9.17) is 0 Å². The van der Waals surface area contributed by atoms with Crippen LogP contribution in [0.2, 0.25) is 0 Å². The lowest BCUT2D eigenvalue weighted by Gasteiger charge is -2.17. The summed E-state index contributed by atoms with van der Waals surface area (Å²) < 4.78 is 2.01. The fourth-order valence-electron chi connectivity index (χ4n) is 3.11. The van der Waals surface area contributed by atoms with Crippen molar-refractivity contribution in [1.82, 2.24) is 14.7 Å². The van der Waals surface area contributed by atoms with E-state index >= 15 is 0 Å². The summed E-state index contributed by atoms with van der Waals surface area (Å²) in [5.41, 5.74) is 4.37. The van der Waals surface area contributed by atoms with Crippen LogP contribution in [0.4, 0.5) is 0 Å². The number of hydrogen-bond donors (Lipinski definition) is 2. The summed E-state index contributed by atoms with van der Waals surface area (Å²) in [5.74, 6) is 0. The number of aliphatic hydroxyl groups excluding tert-OH is 1. The standard InChI is InChI=1S/C17H17N3O/c21-15-9-12-5-1-2-6-14(12)17(15)18-10-13-11-20-8-4-3-7-16(20)19-13/h1-8,11,15,17-18,21H,9-10H2/t15-,17+/m1/s1. The van der Waals surface area contributed by atoms with E-state index in [1.165, 1.54) is 11.1 Å². The number of pyridine rings is 1. The Morgan fingerprint density at radius 2 is 2.05 bits per heavy atom. The topological polar surface area (TPSA) is 49.6 Å². The summed E-state index contributed by atoms with van der Waals surface area (Å²) >= 11 is 0. The molecule has 1 aromatic carbocycles. The van der Waals surface area contributed by atoms with Crippen LogP contribution in [0.5, 0.6) is 0 Å². The molecule has 0 aliphatic heterocycles. The smallest absolute Gasteiger partial charge is 0.137 e. The lowest BCUT2D eigenvalue weighted by molar-refractivity contribution is 0.140. The summed E-state index contributed by atoms with van der Waals surface area (Å²) in [6.45, 7) is 0.651. The molecule has 0 bridgehead atoms. The Kier molecular flexibility index (Phi) is 2.98. The van der Waals surface area contributed by atoms with Gasteiger partial charge in [0.25, 0.3) is 0 Å². The van der Waals surface area contributed by atoms with Crippen LogP contribution in [0.25, 0.3) is 5.65 Å². The van der Waals surface area contributed by atoms with Crippen molar-refractivity contribution in [3.63, 3.8) is 0 Å². The zero-order valence-corrected chi connectivity index (χ0v) is 11.6. The Bertz CT molecular complexity index is 747. The zero-order chi connectivity index (χ0) is 14.2. The highest BCUT2D eigenvalue weighted by Gasteiger charge is 2.30. The van der Waals surface area contributed by atoms with Gasteiger partial charge in [-0.2, -0.15) is 0 Å². The van der Waals surface area contributed by atoms with Crippen LogP contribution < -0.4 is 5.32 Å². The number of rotatable bonds is 3. The number of imidazole rings is 1. The maximum atomic E-state index is 10.2. The van der Waals surface area contributed by atoms with Crippen LogP contribution in [-0.2, 0) is 13.0 Å². The minimum absolute atomic E-state index is 0.00832. The minimum atomic E-state index is -0.362. The van der Waals surface area contributed by atoms with E-state index in [1.54, 1.807) is 0 Å². The van der Waals surface area contributed by atoms with Gasteiger partial charge in [0.2, 0.25) is 0 Å². The Balaban J connectivity index is 1.54. The number of benzene rings is 1. The third kappa shape index (κ3) is 2.22. The molecule has 2 N–H and O–H groups in total. The van der Waals surface area contributed by atoms with Gasteiger partial charge in [0, 0.05) is 25.4 Å². The third-order valence-corrected chi connectivity index (χ3v) is 4.12. The SMILES string of the molecule is O[C@@H]1Cc2ccccc2[C@@H]1NCc1cn2ccccc2n1. The molecular weight excluding hydrogens is 262 g/mol. The van der Waals surface area contributed by atoms with E-state index in [0.29, 0.717) is 6.54 Å². The van der Waals surface area contributed by atoms with E-state index in [1.807, 2.05) is 47.1 Å². The molecule has 2 heterocycles. The minimum Gasteiger partial charge on any atom is -0.391 e. The average molecular weight is 279 g/mol. The molecule has 3 aromatic rings. The van der Waals surface area contributed by atoms with Gasteiger partial charge in [-0.1, -0.05) is 30.3 Å². The lowest BCUT2D eigenvalue weighted by Crippen LogP contribution is -2.28. The Morgan fingerprint density at radius 3 is 2.95 bits per heavy atom. The van der Waals surface area contributed by atoms with Gasteiger partial charge < -0.3 is 14.8 Å². The van der Waals surface area contributed by atoms with Crippen molar-refractivity contribution in [3.05, 3.63) is 71.7 Å². The van der Waals surface area contributed by atoms with Gasteiger partial charge in [0.1, 0.15) is 5.65 Å². The first-order valence-electron chi connectivity index (χ1n) is 7.23. The van der Waals surface area contributed by atoms with E-state index in [2.05, 4.69) is 22.4 Å². The molecule has 0 unspecified atom stereocenters.